The van der Waals surface area contributed by atoms with E-state index >= 15 is 0 Å². The second kappa shape index (κ2) is 3.14. The van der Waals surface area contributed by atoms with E-state index in [0.717, 1.165) is 10.9 Å². The zero-order valence-corrected chi connectivity index (χ0v) is 7.90. The third-order valence-corrected chi connectivity index (χ3v) is 2.00. The summed E-state index contributed by atoms with van der Waals surface area (Å²) in [6, 6.07) is 3.62. The first-order valence-corrected chi connectivity index (χ1v) is 4.15. The van der Waals surface area contributed by atoms with Crippen LogP contribution in [0.25, 0.3) is 11.0 Å². The van der Waals surface area contributed by atoms with Crippen molar-refractivity contribution < 1.29 is 14.1 Å². The molecule has 0 atom stereocenters. The molecule has 0 bridgehead atoms. The number of aromatic nitrogens is 1. The van der Waals surface area contributed by atoms with Gasteiger partial charge in [-0.15, -0.1) is 0 Å². The molecule has 2 aromatic rings. The highest BCUT2D eigenvalue weighted by molar-refractivity contribution is 6.01. The predicted octanol–water partition coefficient (Wildman–Crippen LogP) is 1.92. The van der Waals surface area contributed by atoms with E-state index in [4.69, 9.17) is 4.52 Å². The first-order chi connectivity index (χ1) is 6.72. The highest BCUT2D eigenvalue weighted by Crippen LogP contribution is 2.21. The maximum Gasteiger partial charge on any atom is 0.341 e. The standard InChI is InChI=1S/C10H9NO3/c1-6-3-7-5-11-14-9(7)8(4-6)10(12)13-2/h3-5H,1-2H3. The third-order valence-electron chi connectivity index (χ3n) is 2.00. The van der Waals surface area contributed by atoms with E-state index < -0.39 is 5.97 Å². The van der Waals surface area contributed by atoms with E-state index in [1.807, 2.05) is 13.0 Å². The Bertz CT molecular complexity index is 487. The fourth-order valence-corrected chi connectivity index (χ4v) is 1.40. The van der Waals surface area contributed by atoms with Gasteiger partial charge in [0.15, 0.2) is 5.58 Å². The number of rotatable bonds is 1. The summed E-state index contributed by atoms with van der Waals surface area (Å²) < 4.78 is 9.62. The van der Waals surface area contributed by atoms with E-state index in [-0.39, 0.29) is 0 Å². The first kappa shape index (κ1) is 8.74. The molecule has 1 heterocycles. The number of hydrogen-bond acceptors (Lipinski definition) is 4. The highest BCUT2D eigenvalue weighted by atomic mass is 16.5. The van der Waals surface area contributed by atoms with Crippen LogP contribution in [0.3, 0.4) is 0 Å². The Morgan fingerprint density at radius 2 is 2.29 bits per heavy atom. The normalized spacial score (nSPS) is 10.4. The molecule has 1 aromatic carbocycles. The lowest BCUT2D eigenvalue weighted by molar-refractivity contribution is 0.0601. The molecule has 0 amide bonds. The summed E-state index contributed by atoms with van der Waals surface area (Å²) in [4.78, 5) is 11.4. The summed E-state index contributed by atoms with van der Waals surface area (Å²) in [7, 11) is 1.34. The summed E-state index contributed by atoms with van der Waals surface area (Å²) in [5.41, 5.74) is 1.86. The zero-order valence-electron chi connectivity index (χ0n) is 7.90. The molecule has 0 saturated heterocycles. The van der Waals surface area contributed by atoms with Crippen LogP contribution in [0.1, 0.15) is 15.9 Å². The second-order valence-corrected chi connectivity index (χ2v) is 3.05. The Kier molecular flexibility index (Phi) is 1.96. The van der Waals surface area contributed by atoms with Gasteiger partial charge in [-0.1, -0.05) is 5.16 Å². The summed E-state index contributed by atoms with van der Waals surface area (Å²) >= 11 is 0. The molecule has 0 aliphatic heterocycles. The average Bonchev–Trinajstić information content (AvgIpc) is 2.62. The number of benzene rings is 1. The number of hydrogen-bond donors (Lipinski definition) is 0. The molecule has 0 fully saturated rings. The van der Waals surface area contributed by atoms with Crippen molar-refractivity contribution in [2.75, 3.05) is 7.11 Å². The van der Waals surface area contributed by atoms with Gasteiger partial charge in [-0.25, -0.2) is 4.79 Å². The van der Waals surface area contributed by atoms with E-state index in [1.165, 1.54) is 7.11 Å². The molecule has 4 nitrogen and oxygen atoms in total. The minimum absolute atomic E-state index is 0.407. The third kappa shape index (κ3) is 1.25. The Morgan fingerprint density at radius 1 is 1.50 bits per heavy atom. The number of nitrogens with zero attached hydrogens (tertiary/aromatic N) is 1. The van der Waals surface area contributed by atoms with Gasteiger partial charge < -0.3 is 9.26 Å². The number of carbonyl (C=O) groups excluding carboxylic acids is 1. The molecule has 4 heteroatoms. The van der Waals surface area contributed by atoms with Crippen LogP contribution in [0, 0.1) is 6.92 Å². The van der Waals surface area contributed by atoms with Crippen molar-refractivity contribution >= 4 is 16.9 Å². The van der Waals surface area contributed by atoms with Gasteiger partial charge in [-0.05, 0) is 24.6 Å². The lowest BCUT2D eigenvalue weighted by Crippen LogP contribution is -2.01. The van der Waals surface area contributed by atoms with Crippen LogP contribution in [0.5, 0.6) is 0 Å². The molecule has 0 spiro atoms. The van der Waals surface area contributed by atoms with Gasteiger partial charge in [0.05, 0.1) is 13.3 Å². The number of carbonyl (C=O) groups is 1. The minimum Gasteiger partial charge on any atom is -0.465 e. The summed E-state index contributed by atoms with van der Waals surface area (Å²) in [6.45, 7) is 1.90. The van der Waals surface area contributed by atoms with Crippen LogP contribution in [-0.4, -0.2) is 18.2 Å². The van der Waals surface area contributed by atoms with Crippen LogP contribution in [0.4, 0.5) is 0 Å². The Hall–Kier alpha value is -1.84. The number of aryl methyl sites for hydroxylation is 1. The van der Waals surface area contributed by atoms with Crippen molar-refractivity contribution in [3.63, 3.8) is 0 Å². The van der Waals surface area contributed by atoms with Crippen molar-refractivity contribution in [1.29, 1.82) is 0 Å². The average molecular weight is 191 g/mol. The van der Waals surface area contributed by atoms with Gasteiger partial charge in [0.25, 0.3) is 0 Å². The Balaban J connectivity index is 2.72. The van der Waals surface area contributed by atoms with E-state index in [9.17, 15) is 4.79 Å². The lowest BCUT2D eigenvalue weighted by atomic mass is 10.1. The Labute approximate surface area is 80.4 Å². The van der Waals surface area contributed by atoms with Crippen molar-refractivity contribution in [3.8, 4) is 0 Å². The van der Waals surface area contributed by atoms with Crippen molar-refractivity contribution in [1.82, 2.24) is 5.16 Å². The summed E-state index contributed by atoms with van der Waals surface area (Å²) in [5.74, 6) is -0.407. The molecule has 1 aromatic heterocycles. The fraction of sp³-hybridized carbons (Fsp3) is 0.200. The number of fused-ring (bicyclic) bond motifs is 1. The van der Waals surface area contributed by atoms with Crippen molar-refractivity contribution in [2.24, 2.45) is 0 Å². The van der Waals surface area contributed by atoms with Crippen molar-refractivity contribution in [3.05, 3.63) is 29.5 Å². The molecule has 0 unspecified atom stereocenters. The van der Waals surface area contributed by atoms with E-state index in [0.29, 0.717) is 11.1 Å². The predicted molar refractivity (Wildman–Crippen MR) is 50.1 cm³/mol. The minimum atomic E-state index is -0.407. The van der Waals surface area contributed by atoms with Crippen molar-refractivity contribution in [2.45, 2.75) is 6.92 Å². The van der Waals surface area contributed by atoms with Crippen LogP contribution < -0.4 is 0 Å². The van der Waals surface area contributed by atoms with Crippen LogP contribution in [0.2, 0.25) is 0 Å². The van der Waals surface area contributed by atoms with E-state index in [2.05, 4.69) is 9.89 Å². The van der Waals surface area contributed by atoms with Gasteiger partial charge in [0.2, 0.25) is 0 Å². The monoisotopic (exact) mass is 191 g/mol. The number of esters is 1. The molecule has 0 N–H and O–H groups in total. The molecule has 0 saturated carbocycles. The molecular formula is C10H9NO3. The smallest absolute Gasteiger partial charge is 0.341 e. The first-order valence-electron chi connectivity index (χ1n) is 4.15. The number of ether oxygens (including phenoxy) is 1. The molecule has 14 heavy (non-hydrogen) atoms. The van der Waals surface area contributed by atoms with Crippen LogP contribution in [-0.2, 0) is 4.74 Å². The molecule has 0 aliphatic rings. The zero-order chi connectivity index (χ0) is 10.1. The fourth-order valence-electron chi connectivity index (χ4n) is 1.40. The lowest BCUT2D eigenvalue weighted by Gasteiger charge is -2.00. The van der Waals surface area contributed by atoms with Crippen LogP contribution >= 0.6 is 0 Å². The molecular weight excluding hydrogens is 182 g/mol. The van der Waals surface area contributed by atoms with Crippen LogP contribution in [0.15, 0.2) is 22.9 Å². The van der Waals surface area contributed by atoms with E-state index in [1.54, 1.807) is 12.3 Å². The quantitative estimate of drug-likeness (QED) is 0.646. The maximum atomic E-state index is 11.4. The summed E-state index contributed by atoms with van der Waals surface area (Å²) in [6.07, 6.45) is 1.58. The van der Waals surface area contributed by atoms with Gasteiger partial charge in [0, 0.05) is 5.39 Å². The van der Waals surface area contributed by atoms with Gasteiger partial charge in [-0.2, -0.15) is 0 Å². The molecule has 2 rings (SSSR count). The topological polar surface area (TPSA) is 52.3 Å². The summed E-state index contributed by atoms with van der Waals surface area (Å²) in [5, 5.41) is 4.45. The van der Waals surface area contributed by atoms with Gasteiger partial charge >= 0.3 is 5.97 Å². The largest absolute Gasteiger partial charge is 0.465 e. The second-order valence-electron chi connectivity index (χ2n) is 3.05. The number of methoxy groups -OCH3 is 1. The Morgan fingerprint density at radius 3 is 3.00 bits per heavy atom. The molecule has 0 radical (unpaired) electrons. The highest BCUT2D eigenvalue weighted by Gasteiger charge is 2.14. The molecule has 0 aliphatic carbocycles. The van der Waals surface area contributed by atoms with Gasteiger partial charge in [0.1, 0.15) is 5.56 Å². The SMILES string of the molecule is COC(=O)c1cc(C)cc2cnoc12. The maximum absolute atomic E-state index is 11.4. The molecule has 72 valence electrons. The van der Waals surface area contributed by atoms with Gasteiger partial charge in [-0.3, -0.25) is 0 Å².